The Morgan fingerprint density at radius 2 is 2.00 bits per heavy atom. The van der Waals surface area contributed by atoms with E-state index in [-0.39, 0.29) is 11.8 Å². The number of carbonyl (C=O) groups excluding carboxylic acids is 2. The first-order chi connectivity index (χ1) is 9.93. The minimum absolute atomic E-state index is 0.201. The first-order valence-electron chi connectivity index (χ1n) is 6.65. The highest BCUT2D eigenvalue weighted by Gasteiger charge is 2.13. The van der Waals surface area contributed by atoms with Gasteiger partial charge in [0.1, 0.15) is 6.04 Å². The van der Waals surface area contributed by atoms with Crippen molar-refractivity contribution < 1.29 is 9.59 Å². The fraction of sp³-hybridized carbons (Fsp3) is 0.333. The maximum atomic E-state index is 11.7. The lowest BCUT2D eigenvalue weighted by Crippen LogP contribution is -2.44. The van der Waals surface area contributed by atoms with Crippen LogP contribution < -0.4 is 10.6 Å². The summed E-state index contributed by atoms with van der Waals surface area (Å²) in [6, 6.07) is 4.48. The van der Waals surface area contributed by atoms with Crippen molar-refractivity contribution in [2.75, 3.05) is 6.54 Å². The van der Waals surface area contributed by atoms with Gasteiger partial charge in [-0.2, -0.15) is 0 Å². The molecule has 0 aromatic heterocycles. The third-order valence-electron chi connectivity index (χ3n) is 2.67. The van der Waals surface area contributed by atoms with E-state index in [1.165, 1.54) is 6.08 Å². The number of hydrogen-bond acceptors (Lipinski definition) is 2. The molecule has 1 rings (SSSR count). The number of hydrogen-bond donors (Lipinski definition) is 2. The SMILES string of the molecule is CCCNC(=O)[C@@H](C)NC(=O)/C=C/c1ccc(Cl)c(Cl)c1. The quantitative estimate of drug-likeness (QED) is 0.788. The summed E-state index contributed by atoms with van der Waals surface area (Å²) in [6.45, 7) is 4.19. The Kier molecular flexibility index (Phi) is 7.26. The van der Waals surface area contributed by atoms with Crippen LogP contribution in [0.3, 0.4) is 0 Å². The molecule has 21 heavy (non-hydrogen) atoms. The number of carbonyl (C=O) groups is 2. The summed E-state index contributed by atoms with van der Waals surface area (Å²) in [7, 11) is 0. The first kappa shape index (κ1) is 17.5. The summed E-state index contributed by atoms with van der Waals surface area (Å²) in [5, 5.41) is 6.18. The van der Waals surface area contributed by atoms with Crippen LogP contribution in [-0.2, 0) is 9.59 Å². The predicted octanol–water partition coefficient (Wildman–Crippen LogP) is 3.04. The topological polar surface area (TPSA) is 58.2 Å². The van der Waals surface area contributed by atoms with Gasteiger partial charge in [0.2, 0.25) is 11.8 Å². The molecule has 1 aromatic rings. The van der Waals surface area contributed by atoms with Gasteiger partial charge in [0.25, 0.3) is 0 Å². The number of halogens is 2. The Labute approximate surface area is 134 Å². The minimum atomic E-state index is -0.581. The molecule has 2 amide bonds. The largest absolute Gasteiger partial charge is 0.354 e. The second kappa shape index (κ2) is 8.70. The van der Waals surface area contributed by atoms with Gasteiger partial charge in [0, 0.05) is 12.6 Å². The molecule has 1 atom stereocenters. The van der Waals surface area contributed by atoms with Crippen molar-refractivity contribution in [3.63, 3.8) is 0 Å². The average Bonchev–Trinajstić information content (AvgIpc) is 2.45. The van der Waals surface area contributed by atoms with E-state index in [0.717, 1.165) is 12.0 Å². The zero-order valence-corrected chi connectivity index (χ0v) is 13.5. The van der Waals surface area contributed by atoms with Crippen molar-refractivity contribution in [3.8, 4) is 0 Å². The van der Waals surface area contributed by atoms with E-state index < -0.39 is 6.04 Å². The van der Waals surface area contributed by atoms with E-state index >= 15 is 0 Å². The highest BCUT2D eigenvalue weighted by Crippen LogP contribution is 2.22. The summed E-state index contributed by atoms with van der Waals surface area (Å²) < 4.78 is 0. The molecule has 2 N–H and O–H groups in total. The Balaban J connectivity index is 2.54. The monoisotopic (exact) mass is 328 g/mol. The van der Waals surface area contributed by atoms with Crippen LogP contribution in [0.4, 0.5) is 0 Å². The lowest BCUT2D eigenvalue weighted by Gasteiger charge is -2.12. The number of rotatable bonds is 6. The molecule has 0 aliphatic heterocycles. The van der Waals surface area contributed by atoms with Crippen molar-refractivity contribution >= 4 is 41.1 Å². The second-order valence-corrected chi connectivity index (χ2v) is 5.34. The Bertz CT molecular complexity index is 544. The summed E-state index contributed by atoms with van der Waals surface area (Å²) in [6.07, 6.45) is 3.81. The maximum Gasteiger partial charge on any atom is 0.244 e. The summed E-state index contributed by atoms with van der Waals surface area (Å²) in [5.74, 6) is -0.548. The van der Waals surface area contributed by atoms with Crippen LogP contribution in [0.15, 0.2) is 24.3 Å². The van der Waals surface area contributed by atoms with Gasteiger partial charge in [-0.3, -0.25) is 9.59 Å². The normalized spacial score (nSPS) is 12.2. The zero-order chi connectivity index (χ0) is 15.8. The minimum Gasteiger partial charge on any atom is -0.354 e. The molecule has 0 saturated carbocycles. The summed E-state index contributed by atoms with van der Waals surface area (Å²) in [5.41, 5.74) is 0.752. The van der Waals surface area contributed by atoms with Crippen LogP contribution in [0.25, 0.3) is 6.08 Å². The fourth-order valence-corrected chi connectivity index (χ4v) is 1.82. The van der Waals surface area contributed by atoms with Crippen LogP contribution >= 0.6 is 23.2 Å². The van der Waals surface area contributed by atoms with Gasteiger partial charge in [-0.25, -0.2) is 0 Å². The van der Waals surface area contributed by atoms with Crippen molar-refractivity contribution in [1.29, 1.82) is 0 Å². The first-order valence-corrected chi connectivity index (χ1v) is 7.41. The number of nitrogens with one attached hydrogen (secondary N) is 2. The molecule has 0 fully saturated rings. The molecule has 1 aromatic carbocycles. The van der Waals surface area contributed by atoms with Crippen LogP contribution in [0.5, 0.6) is 0 Å². The van der Waals surface area contributed by atoms with Gasteiger partial charge < -0.3 is 10.6 Å². The van der Waals surface area contributed by atoms with Crippen molar-refractivity contribution in [3.05, 3.63) is 39.9 Å². The van der Waals surface area contributed by atoms with E-state index in [1.807, 2.05) is 6.92 Å². The van der Waals surface area contributed by atoms with E-state index in [9.17, 15) is 9.59 Å². The molecule has 0 aliphatic carbocycles. The number of benzene rings is 1. The van der Waals surface area contributed by atoms with E-state index in [2.05, 4.69) is 10.6 Å². The Morgan fingerprint density at radius 3 is 2.62 bits per heavy atom. The molecule has 0 aliphatic rings. The van der Waals surface area contributed by atoms with Gasteiger partial charge in [0.05, 0.1) is 10.0 Å². The molecule has 114 valence electrons. The van der Waals surface area contributed by atoms with Crippen molar-refractivity contribution in [2.45, 2.75) is 26.3 Å². The Morgan fingerprint density at radius 1 is 1.29 bits per heavy atom. The highest BCUT2D eigenvalue weighted by molar-refractivity contribution is 6.42. The van der Waals surface area contributed by atoms with Gasteiger partial charge >= 0.3 is 0 Å². The van der Waals surface area contributed by atoms with Gasteiger partial charge in [0.15, 0.2) is 0 Å². The molecule has 0 saturated heterocycles. The van der Waals surface area contributed by atoms with Gasteiger partial charge in [-0.15, -0.1) is 0 Å². The Hall–Kier alpha value is -1.52. The molecular weight excluding hydrogens is 311 g/mol. The lowest BCUT2D eigenvalue weighted by molar-refractivity contribution is -0.126. The van der Waals surface area contributed by atoms with E-state index in [0.29, 0.717) is 16.6 Å². The smallest absolute Gasteiger partial charge is 0.244 e. The standard InChI is InChI=1S/C15H18Cl2N2O2/c1-3-8-18-15(21)10(2)19-14(20)7-5-11-4-6-12(16)13(17)9-11/h4-7,9-10H,3,8H2,1-2H3,(H,18,21)(H,19,20)/b7-5+/t10-/m1/s1. The number of amides is 2. The summed E-state index contributed by atoms with van der Waals surface area (Å²) >= 11 is 11.7. The molecule has 0 heterocycles. The lowest BCUT2D eigenvalue weighted by atomic mass is 10.2. The van der Waals surface area contributed by atoms with E-state index in [4.69, 9.17) is 23.2 Å². The summed E-state index contributed by atoms with van der Waals surface area (Å²) in [4.78, 5) is 23.3. The second-order valence-electron chi connectivity index (χ2n) is 4.53. The molecular formula is C15H18Cl2N2O2. The maximum absolute atomic E-state index is 11.7. The van der Waals surface area contributed by atoms with Crippen molar-refractivity contribution in [2.24, 2.45) is 0 Å². The third kappa shape index (κ3) is 6.19. The van der Waals surface area contributed by atoms with Crippen LogP contribution in [0, 0.1) is 0 Å². The molecule has 0 unspecified atom stereocenters. The molecule has 6 heteroatoms. The van der Waals surface area contributed by atoms with Crippen LogP contribution in [0.1, 0.15) is 25.8 Å². The van der Waals surface area contributed by atoms with E-state index in [1.54, 1.807) is 31.2 Å². The average molecular weight is 329 g/mol. The molecule has 4 nitrogen and oxygen atoms in total. The highest BCUT2D eigenvalue weighted by atomic mass is 35.5. The predicted molar refractivity (Wildman–Crippen MR) is 86.4 cm³/mol. The zero-order valence-electron chi connectivity index (χ0n) is 12.0. The van der Waals surface area contributed by atoms with Crippen molar-refractivity contribution in [1.82, 2.24) is 10.6 Å². The fourth-order valence-electron chi connectivity index (χ4n) is 1.52. The van der Waals surface area contributed by atoms with Crippen LogP contribution in [-0.4, -0.2) is 24.4 Å². The molecule has 0 radical (unpaired) electrons. The molecule has 0 bridgehead atoms. The van der Waals surface area contributed by atoms with Gasteiger partial charge in [-0.1, -0.05) is 36.2 Å². The van der Waals surface area contributed by atoms with Gasteiger partial charge in [-0.05, 0) is 37.1 Å². The third-order valence-corrected chi connectivity index (χ3v) is 3.41. The molecule has 0 spiro atoms. The van der Waals surface area contributed by atoms with Crippen LogP contribution in [0.2, 0.25) is 10.0 Å².